The molecule has 2 rings (SSSR count). The third-order valence-corrected chi connectivity index (χ3v) is 2.66. The first-order chi connectivity index (χ1) is 10.2. The molecule has 108 valence electrons. The van der Waals surface area contributed by atoms with Crippen LogP contribution in [0.4, 0.5) is 10.5 Å². The topological polar surface area (TPSA) is 93.5 Å². The van der Waals surface area contributed by atoms with Crippen LogP contribution in [0, 0.1) is 0 Å². The Labute approximate surface area is 121 Å². The van der Waals surface area contributed by atoms with E-state index in [4.69, 9.17) is 10.5 Å². The third kappa shape index (κ3) is 4.24. The van der Waals surface area contributed by atoms with E-state index in [0.717, 1.165) is 0 Å². The summed E-state index contributed by atoms with van der Waals surface area (Å²) in [6.07, 6.45) is 0. The molecule has 0 aliphatic heterocycles. The lowest BCUT2D eigenvalue weighted by molar-refractivity contribution is 0.100. The highest BCUT2D eigenvalue weighted by molar-refractivity contribution is 6.02. The van der Waals surface area contributed by atoms with Crippen LogP contribution in [-0.2, 0) is 0 Å². The SMILES string of the molecule is NC(=O)c1ccccc1NC(=O)NCOc1ccccc1. The summed E-state index contributed by atoms with van der Waals surface area (Å²) in [5, 5.41) is 5.07. The second kappa shape index (κ2) is 6.95. The number of anilines is 1. The number of hydrogen-bond acceptors (Lipinski definition) is 3. The smallest absolute Gasteiger partial charge is 0.321 e. The summed E-state index contributed by atoms with van der Waals surface area (Å²) < 4.78 is 5.33. The van der Waals surface area contributed by atoms with Gasteiger partial charge in [0.1, 0.15) is 5.75 Å². The summed E-state index contributed by atoms with van der Waals surface area (Å²) in [5.41, 5.74) is 5.83. The molecule has 0 bridgehead atoms. The molecule has 21 heavy (non-hydrogen) atoms. The average molecular weight is 285 g/mol. The summed E-state index contributed by atoms with van der Waals surface area (Å²) in [6, 6.07) is 15.1. The molecule has 0 radical (unpaired) electrons. The fourth-order valence-corrected chi connectivity index (χ4v) is 1.68. The molecule has 3 amide bonds. The van der Waals surface area contributed by atoms with Crippen LogP contribution in [0.5, 0.6) is 5.75 Å². The average Bonchev–Trinajstić information content (AvgIpc) is 2.48. The van der Waals surface area contributed by atoms with Crippen molar-refractivity contribution in [1.82, 2.24) is 5.32 Å². The molecular weight excluding hydrogens is 270 g/mol. The van der Waals surface area contributed by atoms with Gasteiger partial charge in [0.25, 0.3) is 5.91 Å². The number of nitrogens with one attached hydrogen (secondary N) is 2. The second-order valence-electron chi connectivity index (χ2n) is 4.14. The lowest BCUT2D eigenvalue weighted by Gasteiger charge is -2.11. The summed E-state index contributed by atoms with van der Waals surface area (Å²) in [4.78, 5) is 23.0. The molecule has 6 heteroatoms. The van der Waals surface area contributed by atoms with Gasteiger partial charge in [-0.05, 0) is 24.3 Å². The molecule has 0 aromatic heterocycles. The number of rotatable bonds is 5. The zero-order valence-corrected chi connectivity index (χ0v) is 11.2. The van der Waals surface area contributed by atoms with Gasteiger partial charge in [-0.25, -0.2) is 4.79 Å². The third-order valence-electron chi connectivity index (χ3n) is 2.66. The second-order valence-corrected chi connectivity index (χ2v) is 4.14. The Kier molecular flexibility index (Phi) is 4.76. The zero-order chi connectivity index (χ0) is 15.1. The van der Waals surface area contributed by atoms with Crippen LogP contribution in [0.2, 0.25) is 0 Å². The highest BCUT2D eigenvalue weighted by atomic mass is 16.5. The van der Waals surface area contributed by atoms with Gasteiger partial charge in [-0.2, -0.15) is 0 Å². The monoisotopic (exact) mass is 285 g/mol. The normalized spacial score (nSPS) is 9.71. The van der Waals surface area contributed by atoms with Crippen LogP contribution < -0.4 is 21.1 Å². The van der Waals surface area contributed by atoms with Crippen LogP contribution in [-0.4, -0.2) is 18.7 Å². The van der Waals surface area contributed by atoms with Gasteiger partial charge in [-0.1, -0.05) is 30.3 Å². The van der Waals surface area contributed by atoms with E-state index in [2.05, 4.69) is 10.6 Å². The van der Waals surface area contributed by atoms with Crippen LogP contribution >= 0.6 is 0 Å². The predicted molar refractivity (Wildman–Crippen MR) is 79.1 cm³/mol. The molecule has 0 heterocycles. The maximum atomic E-state index is 11.7. The molecule has 0 aliphatic carbocycles. The van der Waals surface area contributed by atoms with E-state index >= 15 is 0 Å². The molecule has 2 aromatic carbocycles. The number of carbonyl (C=O) groups is 2. The number of ether oxygens (including phenoxy) is 1. The lowest BCUT2D eigenvalue weighted by Crippen LogP contribution is -2.32. The summed E-state index contributed by atoms with van der Waals surface area (Å²) >= 11 is 0. The van der Waals surface area contributed by atoms with E-state index < -0.39 is 11.9 Å². The number of nitrogens with two attached hydrogens (primary N) is 1. The summed E-state index contributed by atoms with van der Waals surface area (Å²) in [7, 11) is 0. The fraction of sp³-hybridized carbons (Fsp3) is 0.0667. The van der Waals surface area contributed by atoms with Crippen molar-refractivity contribution in [2.24, 2.45) is 5.73 Å². The van der Waals surface area contributed by atoms with E-state index in [1.54, 1.807) is 36.4 Å². The Morgan fingerprint density at radius 1 is 1.00 bits per heavy atom. The molecule has 0 saturated carbocycles. The minimum atomic E-state index is -0.605. The van der Waals surface area contributed by atoms with Gasteiger partial charge in [0.2, 0.25) is 0 Å². The molecule has 0 atom stereocenters. The Hall–Kier alpha value is -3.02. The molecule has 6 nitrogen and oxygen atoms in total. The number of primary amides is 1. The number of benzene rings is 2. The molecule has 0 fully saturated rings. The quantitative estimate of drug-likeness (QED) is 0.733. The van der Waals surface area contributed by atoms with Gasteiger partial charge in [0, 0.05) is 0 Å². The lowest BCUT2D eigenvalue weighted by atomic mass is 10.1. The number of amides is 3. The van der Waals surface area contributed by atoms with E-state index in [9.17, 15) is 9.59 Å². The first-order valence-electron chi connectivity index (χ1n) is 6.28. The van der Waals surface area contributed by atoms with Gasteiger partial charge in [0.05, 0.1) is 11.3 Å². The Morgan fingerprint density at radius 2 is 1.67 bits per heavy atom. The Morgan fingerprint density at radius 3 is 2.38 bits per heavy atom. The molecular formula is C15H15N3O3. The van der Waals surface area contributed by atoms with Crippen molar-refractivity contribution in [1.29, 1.82) is 0 Å². The summed E-state index contributed by atoms with van der Waals surface area (Å²) in [5.74, 6) is 0.0433. The van der Waals surface area contributed by atoms with Gasteiger partial charge in [-0.3, -0.25) is 4.79 Å². The number of hydrogen-bond donors (Lipinski definition) is 3. The zero-order valence-electron chi connectivity index (χ0n) is 11.2. The molecule has 0 aliphatic rings. The number of urea groups is 1. The maximum Gasteiger partial charge on any atom is 0.321 e. The first-order valence-corrected chi connectivity index (χ1v) is 6.28. The van der Waals surface area contributed by atoms with Crippen molar-refractivity contribution in [2.45, 2.75) is 0 Å². The van der Waals surface area contributed by atoms with Crippen molar-refractivity contribution in [2.75, 3.05) is 12.0 Å². The Bertz CT molecular complexity index is 629. The van der Waals surface area contributed by atoms with Crippen molar-refractivity contribution in [3.63, 3.8) is 0 Å². The van der Waals surface area contributed by atoms with Crippen LogP contribution in [0.25, 0.3) is 0 Å². The minimum Gasteiger partial charge on any atom is -0.473 e. The van der Waals surface area contributed by atoms with Gasteiger partial charge < -0.3 is 21.1 Å². The largest absolute Gasteiger partial charge is 0.473 e. The number of carbonyl (C=O) groups excluding carboxylic acids is 2. The minimum absolute atomic E-state index is 0.00852. The van der Waals surface area contributed by atoms with Crippen molar-refractivity contribution in [3.8, 4) is 5.75 Å². The first kappa shape index (κ1) is 14.4. The van der Waals surface area contributed by atoms with Gasteiger partial charge >= 0.3 is 6.03 Å². The molecule has 0 saturated heterocycles. The van der Waals surface area contributed by atoms with Crippen LogP contribution in [0.15, 0.2) is 54.6 Å². The van der Waals surface area contributed by atoms with E-state index in [1.165, 1.54) is 0 Å². The molecule has 0 spiro atoms. The molecule has 4 N–H and O–H groups in total. The van der Waals surface area contributed by atoms with E-state index in [1.807, 2.05) is 18.2 Å². The van der Waals surface area contributed by atoms with Crippen molar-refractivity contribution < 1.29 is 14.3 Å². The maximum absolute atomic E-state index is 11.7. The molecule has 2 aromatic rings. The summed E-state index contributed by atoms with van der Waals surface area (Å²) in [6.45, 7) is 0.00852. The van der Waals surface area contributed by atoms with Gasteiger partial charge in [-0.15, -0.1) is 0 Å². The van der Waals surface area contributed by atoms with Crippen molar-refractivity contribution in [3.05, 3.63) is 60.2 Å². The van der Waals surface area contributed by atoms with Crippen molar-refractivity contribution >= 4 is 17.6 Å². The predicted octanol–water partition coefficient (Wildman–Crippen LogP) is 1.94. The van der Waals surface area contributed by atoms with Crippen LogP contribution in [0.1, 0.15) is 10.4 Å². The fourth-order valence-electron chi connectivity index (χ4n) is 1.68. The van der Waals surface area contributed by atoms with E-state index in [-0.39, 0.29) is 12.3 Å². The molecule has 0 unspecified atom stereocenters. The highest BCUT2D eigenvalue weighted by Crippen LogP contribution is 2.13. The highest BCUT2D eigenvalue weighted by Gasteiger charge is 2.09. The van der Waals surface area contributed by atoms with Crippen LogP contribution in [0.3, 0.4) is 0 Å². The van der Waals surface area contributed by atoms with E-state index in [0.29, 0.717) is 11.4 Å². The van der Waals surface area contributed by atoms with Gasteiger partial charge in [0.15, 0.2) is 6.73 Å². The number of para-hydroxylation sites is 2. The Balaban J connectivity index is 1.86. The standard InChI is InChI=1S/C15H15N3O3/c16-14(19)12-8-4-5-9-13(12)18-15(20)17-10-21-11-6-2-1-3-7-11/h1-9H,10H2,(H2,16,19)(H2,17,18,20).